The van der Waals surface area contributed by atoms with Crippen LogP contribution in [-0.4, -0.2) is 12.2 Å². The van der Waals surface area contributed by atoms with E-state index >= 15 is 0 Å². The summed E-state index contributed by atoms with van der Waals surface area (Å²) in [6.45, 7) is 2.08. The Kier molecular flexibility index (Phi) is 6.32. The van der Waals surface area contributed by atoms with Crippen molar-refractivity contribution < 1.29 is 4.74 Å². The van der Waals surface area contributed by atoms with E-state index in [1.54, 1.807) is 13.2 Å². The molecule has 5 heteroatoms. The molecule has 0 spiro atoms. The van der Waals surface area contributed by atoms with Crippen LogP contribution in [0.25, 0.3) is 0 Å². The molecule has 3 nitrogen and oxygen atoms in total. The smallest absolute Gasteiger partial charge is 0.171 e. The van der Waals surface area contributed by atoms with Gasteiger partial charge < -0.3 is 15.4 Å². The molecule has 3 aromatic carbocycles. The van der Waals surface area contributed by atoms with Crippen molar-refractivity contribution in [2.75, 3.05) is 12.4 Å². The SMILES string of the molecule is COc1ccc(NC(=S)N[C@@H](c2ccccc2)c2ccc(C)cc2)cc1Cl. The van der Waals surface area contributed by atoms with Crippen molar-refractivity contribution >= 4 is 34.6 Å². The van der Waals surface area contributed by atoms with Crippen LogP contribution in [0.3, 0.4) is 0 Å². The first kappa shape index (κ1) is 19.2. The first-order valence-corrected chi connectivity index (χ1v) is 9.38. The van der Waals surface area contributed by atoms with E-state index in [-0.39, 0.29) is 6.04 Å². The van der Waals surface area contributed by atoms with Crippen LogP contribution in [0.1, 0.15) is 22.7 Å². The van der Waals surface area contributed by atoms with Gasteiger partial charge in [-0.15, -0.1) is 0 Å². The van der Waals surface area contributed by atoms with Gasteiger partial charge in [0.1, 0.15) is 5.75 Å². The van der Waals surface area contributed by atoms with Crippen LogP contribution in [0, 0.1) is 6.92 Å². The fraction of sp³-hybridized carbons (Fsp3) is 0.136. The molecule has 0 bridgehead atoms. The van der Waals surface area contributed by atoms with Crippen molar-refractivity contribution in [3.63, 3.8) is 0 Å². The molecule has 138 valence electrons. The van der Waals surface area contributed by atoms with Crippen LogP contribution >= 0.6 is 23.8 Å². The van der Waals surface area contributed by atoms with Crippen molar-refractivity contribution in [3.8, 4) is 5.75 Å². The van der Waals surface area contributed by atoms with Gasteiger partial charge >= 0.3 is 0 Å². The standard InChI is InChI=1S/C22H21ClN2OS/c1-15-8-10-17(11-9-15)21(16-6-4-3-5-7-16)25-22(27)24-18-12-13-20(26-2)19(23)14-18/h3-14,21H,1-2H3,(H2,24,25,27)/t21-/m0/s1. The second-order valence-corrected chi connectivity index (χ2v) is 7.02. The van der Waals surface area contributed by atoms with Gasteiger partial charge in [-0.05, 0) is 48.5 Å². The predicted molar refractivity (Wildman–Crippen MR) is 117 cm³/mol. The molecule has 0 fully saturated rings. The molecule has 0 saturated heterocycles. The lowest BCUT2D eigenvalue weighted by Gasteiger charge is -2.22. The lowest BCUT2D eigenvalue weighted by atomic mass is 9.98. The second kappa shape index (κ2) is 8.89. The Balaban J connectivity index is 1.80. The molecule has 3 rings (SSSR count). The number of hydrogen-bond acceptors (Lipinski definition) is 2. The van der Waals surface area contributed by atoms with E-state index in [0.29, 0.717) is 15.9 Å². The van der Waals surface area contributed by atoms with Gasteiger partial charge in [0.25, 0.3) is 0 Å². The lowest BCUT2D eigenvalue weighted by Crippen LogP contribution is -2.33. The zero-order valence-electron chi connectivity index (χ0n) is 15.2. The summed E-state index contributed by atoms with van der Waals surface area (Å²) in [5.74, 6) is 0.628. The summed E-state index contributed by atoms with van der Waals surface area (Å²) >= 11 is 11.7. The van der Waals surface area contributed by atoms with E-state index in [1.807, 2.05) is 30.3 Å². The average molecular weight is 397 g/mol. The molecule has 0 aliphatic rings. The van der Waals surface area contributed by atoms with Crippen LogP contribution in [0.5, 0.6) is 5.75 Å². The third-order valence-electron chi connectivity index (χ3n) is 4.23. The van der Waals surface area contributed by atoms with Crippen LogP contribution in [0.2, 0.25) is 5.02 Å². The first-order chi connectivity index (χ1) is 13.1. The van der Waals surface area contributed by atoms with Crippen molar-refractivity contribution in [2.45, 2.75) is 13.0 Å². The van der Waals surface area contributed by atoms with Gasteiger partial charge in [-0.3, -0.25) is 0 Å². The normalized spacial score (nSPS) is 11.5. The maximum absolute atomic E-state index is 6.20. The number of thiocarbonyl (C=S) groups is 1. The highest BCUT2D eigenvalue weighted by atomic mass is 35.5. The summed E-state index contributed by atoms with van der Waals surface area (Å²) < 4.78 is 5.19. The summed E-state index contributed by atoms with van der Waals surface area (Å²) in [4.78, 5) is 0. The van der Waals surface area contributed by atoms with Crippen LogP contribution in [-0.2, 0) is 0 Å². The minimum absolute atomic E-state index is 0.0551. The molecule has 3 aromatic rings. The van der Waals surface area contributed by atoms with Gasteiger partial charge in [0.05, 0.1) is 18.2 Å². The predicted octanol–water partition coefficient (Wildman–Crippen LogP) is 5.73. The molecule has 0 amide bonds. The van der Waals surface area contributed by atoms with Crippen molar-refractivity contribution in [2.24, 2.45) is 0 Å². The minimum atomic E-state index is -0.0551. The van der Waals surface area contributed by atoms with E-state index in [9.17, 15) is 0 Å². The number of anilines is 1. The molecule has 27 heavy (non-hydrogen) atoms. The Morgan fingerprint density at radius 3 is 2.26 bits per heavy atom. The van der Waals surface area contributed by atoms with Gasteiger partial charge in [-0.2, -0.15) is 0 Å². The topological polar surface area (TPSA) is 33.3 Å². The number of aryl methyl sites for hydroxylation is 1. The molecule has 0 aliphatic heterocycles. The Morgan fingerprint density at radius 1 is 0.963 bits per heavy atom. The molecule has 0 aromatic heterocycles. The summed E-state index contributed by atoms with van der Waals surface area (Å²) in [6, 6.07) is 24.1. The molecule has 0 radical (unpaired) electrons. The third-order valence-corrected chi connectivity index (χ3v) is 4.74. The summed E-state index contributed by atoms with van der Waals surface area (Å²) in [7, 11) is 1.59. The fourth-order valence-electron chi connectivity index (χ4n) is 2.81. The van der Waals surface area contributed by atoms with Crippen molar-refractivity contribution in [1.82, 2.24) is 5.32 Å². The quantitative estimate of drug-likeness (QED) is 0.539. The van der Waals surface area contributed by atoms with Crippen LogP contribution in [0.15, 0.2) is 72.8 Å². The summed E-state index contributed by atoms with van der Waals surface area (Å²) in [6.07, 6.45) is 0. The van der Waals surface area contributed by atoms with Gasteiger partial charge in [0, 0.05) is 5.69 Å². The Morgan fingerprint density at radius 2 is 1.63 bits per heavy atom. The number of rotatable bonds is 5. The number of methoxy groups -OCH3 is 1. The van der Waals surface area contributed by atoms with Gasteiger partial charge in [0.2, 0.25) is 0 Å². The second-order valence-electron chi connectivity index (χ2n) is 6.20. The summed E-state index contributed by atoms with van der Waals surface area (Å²) in [5.41, 5.74) is 4.30. The van der Waals surface area contributed by atoms with Crippen molar-refractivity contribution in [3.05, 3.63) is 94.5 Å². The maximum Gasteiger partial charge on any atom is 0.171 e. The van der Waals surface area contributed by atoms with E-state index in [4.69, 9.17) is 28.6 Å². The number of hydrogen-bond donors (Lipinski definition) is 2. The Hall–Kier alpha value is -2.56. The molecule has 0 heterocycles. The molecular formula is C22H21ClN2OS. The monoisotopic (exact) mass is 396 g/mol. The number of nitrogens with one attached hydrogen (secondary N) is 2. The van der Waals surface area contributed by atoms with Crippen LogP contribution < -0.4 is 15.4 Å². The molecule has 0 saturated carbocycles. The molecule has 2 N–H and O–H groups in total. The average Bonchev–Trinajstić information content (AvgIpc) is 2.68. The minimum Gasteiger partial charge on any atom is -0.495 e. The fourth-order valence-corrected chi connectivity index (χ4v) is 3.30. The van der Waals surface area contributed by atoms with Gasteiger partial charge in [-0.25, -0.2) is 0 Å². The van der Waals surface area contributed by atoms with E-state index in [2.05, 4.69) is 54.0 Å². The highest BCUT2D eigenvalue weighted by Crippen LogP contribution is 2.27. The molecule has 0 unspecified atom stereocenters. The molecular weight excluding hydrogens is 376 g/mol. The number of benzene rings is 3. The Labute approximate surface area is 170 Å². The molecule has 0 aliphatic carbocycles. The maximum atomic E-state index is 6.20. The number of ether oxygens (including phenoxy) is 1. The number of halogens is 1. The highest BCUT2D eigenvalue weighted by molar-refractivity contribution is 7.80. The van der Waals surface area contributed by atoms with Gasteiger partial charge in [0.15, 0.2) is 5.11 Å². The zero-order valence-corrected chi connectivity index (χ0v) is 16.8. The Bertz CT molecular complexity index is 913. The zero-order chi connectivity index (χ0) is 19.2. The summed E-state index contributed by atoms with van der Waals surface area (Å²) in [5, 5.41) is 7.66. The van der Waals surface area contributed by atoms with Crippen LogP contribution in [0.4, 0.5) is 5.69 Å². The third kappa shape index (κ3) is 5.00. The largest absolute Gasteiger partial charge is 0.495 e. The highest BCUT2D eigenvalue weighted by Gasteiger charge is 2.15. The van der Waals surface area contributed by atoms with E-state index in [1.165, 1.54) is 5.56 Å². The molecule has 1 atom stereocenters. The first-order valence-electron chi connectivity index (χ1n) is 8.59. The van der Waals surface area contributed by atoms with E-state index in [0.717, 1.165) is 16.8 Å². The van der Waals surface area contributed by atoms with Crippen molar-refractivity contribution in [1.29, 1.82) is 0 Å². The van der Waals surface area contributed by atoms with E-state index < -0.39 is 0 Å². The lowest BCUT2D eigenvalue weighted by molar-refractivity contribution is 0.415. The van der Waals surface area contributed by atoms with Gasteiger partial charge in [-0.1, -0.05) is 71.8 Å².